The number of benzene rings is 3. The molecule has 0 aromatic heterocycles. The number of ether oxygens (including phenoxy) is 3. The zero-order valence-corrected chi connectivity index (χ0v) is 20.8. The van der Waals surface area contributed by atoms with Gasteiger partial charge in [0.2, 0.25) is 0 Å². The number of esters is 1. The summed E-state index contributed by atoms with van der Waals surface area (Å²) in [6.07, 6.45) is 3.69. The van der Waals surface area contributed by atoms with Crippen molar-refractivity contribution in [3.05, 3.63) is 94.0 Å². The number of carbonyl (C=O) groups is 1. The maximum atomic E-state index is 12.0. The minimum Gasteiger partial charge on any atom is -0.490 e. The highest BCUT2D eigenvalue weighted by Crippen LogP contribution is 2.31. The molecule has 6 heteroatoms. The third kappa shape index (κ3) is 7.36. The molecule has 0 amide bonds. The van der Waals surface area contributed by atoms with Crippen LogP contribution in [0.25, 0.3) is 17.2 Å². The lowest BCUT2D eigenvalue weighted by Crippen LogP contribution is -2.28. The zero-order chi connectivity index (χ0) is 24.3. The highest BCUT2D eigenvalue weighted by molar-refractivity contribution is 6.34. The van der Waals surface area contributed by atoms with Gasteiger partial charge in [0, 0.05) is 28.6 Å². The summed E-state index contributed by atoms with van der Waals surface area (Å²) in [6.45, 7) is 4.82. The molecule has 0 aliphatic rings. The predicted octanol–water partition coefficient (Wildman–Crippen LogP) is 7.26. The quantitative estimate of drug-likeness (QED) is 0.261. The summed E-state index contributed by atoms with van der Waals surface area (Å²) in [5.74, 6) is 0.394. The summed E-state index contributed by atoms with van der Waals surface area (Å²) < 4.78 is 16.4. The van der Waals surface area contributed by atoms with Crippen LogP contribution in [-0.4, -0.2) is 31.9 Å². The van der Waals surface area contributed by atoms with Gasteiger partial charge in [-0.25, -0.2) is 4.79 Å². The zero-order valence-electron chi connectivity index (χ0n) is 19.3. The third-order valence-corrected chi connectivity index (χ3v) is 5.75. The minimum atomic E-state index is -0.603. The summed E-state index contributed by atoms with van der Waals surface area (Å²) in [7, 11) is 0. The van der Waals surface area contributed by atoms with Crippen molar-refractivity contribution in [1.29, 1.82) is 0 Å². The SMILES string of the molecule is CCOC(=O)[C@H](Cc1ccc(OC/C=C/c2ccc(-c3ccccc3Cl)cc2Cl)cc1)OCC. The number of halogens is 2. The molecule has 0 aliphatic heterocycles. The molecule has 0 heterocycles. The highest BCUT2D eigenvalue weighted by Gasteiger charge is 2.20. The van der Waals surface area contributed by atoms with Crippen LogP contribution < -0.4 is 4.74 Å². The van der Waals surface area contributed by atoms with E-state index in [-0.39, 0.29) is 5.97 Å². The highest BCUT2D eigenvalue weighted by atomic mass is 35.5. The molecular formula is C28H28Cl2O4. The van der Waals surface area contributed by atoms with Crippen molar-refractivity contribution in [2.45, 2.75) is 26.4 Å². The van der Waals surface area contributed by atoms with E-state index in [0.29, 0.717) is 36.3 Å². The Balaban J connectivity index is 1.54. The third-order valence-electron chi connectivity index (χ3n) is 5.09. The van der Waals surface area contributed by atoms with Gasteiger partial charge in [0.05, 0.1) is 6.61 Å². The van der Waals surface area contributed by atoms with E-state index >= 15 is 0 Å². The fourth-order valence-electron chi connectivity index (χ4n) is 3.43. The number of rotatable bonds is 11. The van der Waals surface area contributed by atoms with Crippen molar-refractivity contribution in [3.8, 4) is 16.9 Å². The Bertz CT molecular complexity index is 1110. The van der Waals surface area contributed by atoms with Crippen molar-refractivity contribution in [2.75, 3.05) is 19.8 Å². The summed E-state index contributed by atoms with van der Waals surface area (Å²) in [5, 5.41) is 1.33. The van der Waals surface area contributed by atoms with E-state index in [1.807, 2.05) is 85.8 Å². The average Bonchev–Trinajstić information content (AvgIpc) is 2.84. The Kier molecular flexibility index (Phi) is 10.0. The fraction of sp³-hybridized carbons (Fsp3) is 0.250. The van der Waals surface area contributed by atoms with Gasteiger partial charge in [-0.1, -0.05) is 71.7 Å². The molecule has 0 radical (unpaired) electrons. The van der Waals surface area contributed by atoms with Gasteiger partial charge in [-0.2, -0.15) is 0 Å². The van der Waals surface area contributed by atoms with Crippen LogP contribution in [0.2, 0.25) is 10.0 Å². The molecule has 0 bridgehead atoms. The van der Waals surface area contributed by atoms with Crippen LogP contribution in [0, 0.1) is 0 Å². The first-order chi connectivity index (χ1) is 16.5. The molecular weight excluding hydrogens is 471 g/mol. The van der Waals surface area contributed by atoms with Gasteiger partial charge >= 0.3 is 5.97 Å². The van der Waals surface area contributed by atoms with Crippen molar-refractivity contribution in [2.24, 2.45) is 0 Å². The molecule has 0 saturated carbocycles. The Morgan fingerprint density at radius 1 is 0.941 bits per heavy atom. The molecule has 34 heavy (non-hydrogen) atoms. The van der Waals surface area contributed by atoms with E-state index in [9.17, 15) is 4.79 Å². The van der Waals surface area contributed by atoms with Crippen LogP contribution in [0.1, 0.15) is 25.0 Å². The lowest BCUT2D eigenvalue weighted by atomic mass is 10.0. The molecule has 3 aromatic carbocycles. The van der Waals surface area contributed by atoms with Crippen LogP contribution in [0.5, 0.6) is 5.75 Å². The topological polar surface area (TPSA) is 44.8 Å². The smallest absolute Gasteiger partial charge is 0.335 e. The molecule has 0 aliphatic carbocycles. The number of carbonyl (C=O) groups excluding carboxylic acids is 1. The molecule has 0 N–H and O–H groups in total. The van der Waals surface area contributed by atoms with Crippen molar-refractivity contribution < 1.29 is 19.0 Å². The first-order valence-corrected chi connectivity index (χ1v) is 12.0. The molecule has 0 saturated heterocycles. The summed E-state index contributed by atoms with van der Waals surface area (Å²) in [5.41, 5.74) is 3.79. The van der Waals surface area contributed by atoms with Crippen molar-refractivity contribution >= 4 is 35.2 Å². The van der Waals surface area contributed by atoms with Crippen LogP contribution in [0.15, 0.2) is 72.8 Å². The fourth-order valence-corrected chi connectivity index (χ4v) is 3.92. The Labute approximate surface area is 211 Å². The lowest BCUT2D eigenvalue weighted by Gasteiger charge is -2.15. The van der Waals surface area contributed by atoms with Crippen LogP contribution >= 0.6 is 23.2 Å². The van der Waals surface area contributed by atoms with E-state index in [1.165, 1.54) is 0 Å². The Morgan fingerprint density at radius 2 is 1.71 bits per heavy atom. The second kappa shape index (κ2) is 13.2. The standard InChI is InChI=1S/C28H28Cl2O4/c1-3-32-27(28(31)33-4-2)18-20-11-15-23(16-12-20)34-17-7-8-21-13-14-22(19-26(21)30)24-9-5-6-10-25(24)29/h5-16,19,27H,3-4,17-18H2,1-2H3/b8-7+/t27-/m0/s1. The monoisotopic (exact) mass is 498 g/mol. The average molecular weight is 499 g/mol. The van der Waals surface area contributed by atoms with Crippen molar-refractivity contribution in [1.82, 2.24) is 0 Å². The lowest BCUT2D eigenvalue weighted by molar-refractivity contribution is -0.156. The van der Waals surface area contributed by atoms with E-state index < -0.39 is 6.10 Å². The van der Waals surface area contributed by atoms with Crippen LogP contribution in [-0.2, 0) is 20.7 Å². The maximum absolute atomic E-state index is 12.0. The second-order valence-corrected chi connectivity index (χ2v) is 8.29. The molecule has 3 rings (SSSR count). The molecule has 4 nitrogen and oxygen atoms in total. The van der Waals surface area contributed by atoms with Gasteiger partial charge in [-0.15, -0.1) is 0 Å². The molecule has 178 valence electrons. The maximum Gasteiger partial charge on any atom is 0.335 e. The van der Waals surface area contributed by atoms with Gasteiger partial charge in [-0.3, -0.25) is 0 Å². The first kappa shape index (κ1) is 25.8. The number of hydrogen-bond acceptors (Lipinski definition) is 4. The van der Waals surface area contributed by atoms with Gasteiger partial charge < -0.3 is 14.2 Å². The second-order valence-electron chi connectivity index (χ2n) is 7.47. The van der Waals surface area contributed by atoms with E-state index in [1.54, 1.807) is 6.92 Å². The molecule has 0 unspecified atom stereocenters. The molecule has 0 fully saturated rings. The van der Waals surface area contributed by atoms with Gasteiger partial charge in [0.15, 0.2) is 6.10 Å². The minimum absolute atomic E-state index is 0.333. The van der Waals surface area contributed by atoms with Gasteiger partial charge in [0.1, 0.15) is 12.4 Å². The van der Waals surface area contributed by atoms with Crippen molar-refractivity contribution in [3.63, 3.8) is 0 Å². The van der Waals surface area contributed by atoms with Gasteiger partial charge in [-0.05, 0) is 60.9 Å². The van der Waals surface area contributed by atoms with Gasteiger partial charge in [0.25, 0.3) is 0 Å². The number of hydrogen-bond donors (Lipinski definition) is 0. The summed E-state index contributed by atoms with van der Waals surface area (Å²) in [4.78, 5) is 12.0. The summed E-state index contributed by atoms with van der Waals surface area (Å²) >= 11 is 12.8. The first-order valence-electron chi connectivity index (χ1n) is 11.2. The van der Waals surface area contributed by atoms with E-state index in [4.69, 9.17) is 37.4 Å². The predicted molar refractivity (Wildman–Crippen MR) is 139 cm³/mol. The van der Waals surface area contributed by atoms with E-state index in [2.05, 4.69) is 0 Å². The molecule has 3 aromatic rings. The molecule has 0 spiro atoms. The Morgan fingerprint density at radius 3 is 2.38 bits per heavy atom. The van der Waals surface area contributed by atoms with Crippen LogP contribution in [0.3, 0.4) is 0 Å². The normalized spacial score (nSPS) is 12.0. The molecule has 1 atom stereocenters. The largest absolute Gasteiger partial charge is 0.490 e. The van der Waals surface area contributed by atoms with Crippen LogP contribution in [0.4, 0.5) is 0 Å². The Hall–Kier alpha value is -2.79. The summed E-state index contributed by atoms with van der Waals surface area (Å²) in [6, 6.07) is 21.2. The van der Waals surface area contributed by atoms with E-state index in [0.717, 1.165) is 28.0 Å².